The van der Waals surface area contributed by atoms with E-state index in [1.54, 1.807) is 0 Å². The van der Waals surface area contributed by atoms with E-state index in [2.05, 4.69) is 46.8 Å². The third kappa shape index (κ3) is 3.88. The Morgan fingerprint density at radius 1 is 1.12 bits per heavy atom. The predicted octanol–water partition coefficient (Wildman–Crippen LogP) is 3.58. The van der Waals surface area contributed by atoms with Gasteiger partial charge in [-0.05, 0) is 49.9 Å². The standard InChI is InChI=1S/C26H32N4O2/c1-2-30-24-12-11-21(16-23(24)26(27-30)20-9-6-10-20)28-13-14-29(25(32)18-31)22(17-28)15-19-7-4-3-5-8-19/h3-5,7-8,11-12,16,20,22,31H,2,6,9-10,13-15,17-18H2,1H3. The molecule has 168 valence electrons. The number of hydrogen-bond donors (Lipinski definition) is 1. The number of carbonyl (C=O) groups excluding carboxylic acids is 1. The van der Waals surface area contributed by atoms with Crippen LogP contribution < -0.4 is 4.90 Å². The molecule has 1 saturated heterocycles. The maximum absolute atomic E-state index is 12.4. The minimum absolute atomic E-state index is 0.0333. The van der Waals surface area contributed by atoms with Crippen molar-refractivity contribution >= 4 is 22.5 Å². The molecular weight excluding hydrogens is 400 g/mol. The van der Waals surface area contributed by atoms with Crippen molar-refractivity contribution in [1.29, 1.82) is 0 Å². The Morgan fingerprint density at radius 2 is 1.94 bits per heavy atom. The third-order valence-corrected chi connectivity index (χ3v) is 7.17. The molecule has 1 saturated carbocycles. The maximum atomic E-state index is 12.4. The van der Waals surface area contributed by atoms with Gasteiger partial charge in [-0.3, -0.25) is 9.48 Å². The number of hydrogen-bond acceptors (Lipinski definition) is 4. The van der Waals surface area contributed by atoms with Gasteiger partial charge in [0.05, 0.1) is 17.3 Å². The minimum atomic E-state index is -0.432. The summed E-state index contributed by atoms with van der Waals surface area (Å²) < 4.78 is 2.13. The van der Waals surface area contributed by atoms with Crippen LogP contribution in [0.4, 0.5) is 5.69 Å². The van der Waals surface area contributed by atoms with E-state index in [4.69, 9.17) is 5.10 Å². The molecule has 1 N–H and O–H groups in total. The molecule has 0 spiro atoms. The van der Waals surface area contributed by atoms with Crippen molar-refractivity contribution in [3.63, 3.8) is 0 Å². The van der Waals surface area contributed by atoms with Gasteiger partial charge in [-0.2, -0.15) is 5.10 Å². The van der Waals surface area contributed by atoms with Crippen LogP contribution in [0.2, 0.25) is 0 Å². The fraction of sp³-hybridized carbons (Fsp3) is 0.462. The van der Waals surface area contributed by atoms with Crippen LogP contribution in [0.25, 0.3) is 10.9 Å². The first kappa shape index (κ1) is 21.0. The highest BCUT2D eigenvalue weighted by molar-refractivity contribution is 5.86. The topological polar surface area (TPSA) is 61.6 Å². The maximum Gasteiger partial charge on any atom is 0.248 e. The normalized spacial score (nSPS) is 19.4. The Hall–Kier alpha value is -2.86. The smallest absolute Gasteiger partial charge is 0.248 e. The van der Waals surface area contributed by atoms with Gasteiger partial charge in [-0.1, -0.05) is 36.8 Å². The van der Waals surface area contributed by atoms with Gasteiger partial charge in [-0.15, -0.1) is 0 Å². The molecule has 2 fully saturated rings. The number of fused-ring (bicyclic) bond motifs is 1. The number of anilines is 1. The van der Waals surface area contributed by atoms with Crippen LogP contribution in [0.5, 0.6) is 0 Å². The second kappa shape index (κ2) is 8.94. The van der Waals surface area contributed by atoms with E-state index in [1.807, 2.05) is 23.1 Å². The zero-order valence-electron chi connectivity index (χ0n) is 18.8. The second-order valence-electron chi connectivity index (χ2n) is 9.07. The van der Waals surface area contributed by atoms with Gasteiger partial charge >= 0.3 is 0 Å². The van der Waals surface area contributed by atoms with Gasteiger partial charge < -0.3 is 14.9 Å². The third-order valence-electron chi connectivity index (χ3n) is 7.17. The minimum Gasteiger partial charge on any atom is -0.387 e. The van der Waals surface area contributed by atoms with Gasteiger partial charge in [0, 0.05) is 43.2 Å². The van der Waals surface area contributed by atoms with Gasteiger partial charge in [0.15, 0.2) is 0 Å². The summed E-state index contributed by atoms with van der Waals surface area (Å²) in [5.41, 5.74) is 4.88. The summed E-state index contributed by atoms with van der Waals surface area (Å²) in [5, 5.41) is 15.7. The van der Waals surface area contributed by atoms with Crippen LogP contribution >= 0.6 is 0 Å². The molecule has 6 heteroatoms. The average molecular weight is 433 g/mol. The molecule has 32 heavy (non-hydrogen) atoms. The lowest BCUT2D eigenvalue weighted by molar-refractivity contribution is -0.136. The van der Waals surface area contributed by atoms with Gasteiger partial charge in [0.2, 0.25) is 5.91 Å². The summed E-state index contributed by atoms with van der Waals surface area (Å²) in [5.74, 6) is 0.405. The van der Waals surface area contributed by atoms with Crippen molar-refractivity contribution in [2.24, 2.45) is 0 Å². The first-order chi connectivity index (χ1) is 15.7. The fourth-order valence-corrected chi connectivity index (χ4v) is 5.18. The number of aliphatic hydroxyl groups is 1. The largest absolute Gasteiger partial charge is 0.387 e. The van der Waals surface area contributed by atoms with Gasteiger partial charge in [0.25, 0.3) is 0 Å². The predicted molar refractivity (Wildman–Crippen MR) is 127 cm³/mol. The highest BCUT2D eigenvalue weighted by Crippen LogP contribution is 2.40. The van der Waals surface area contributed by atoms with Crippen molar-refractivity contribution in [1.82, 2.24) is 14.7 Å². The molecule has 2 aromatic carbocycles. The highest BCUT2D eigenvalue weighted by Gasteiger charge is 2.31. The fourth-order valence-electron chi connectivity index (χ4n) is 5.18. The Balaban J connectivity index is 1.44. The Labute approximate surface area is 189 Å². The number of aryl methyl sites for hydroxylation is 1. The van der Waals surface area contributed by atoms with Crippen molar-refractivity contribution in [3.8, 4) is 0 Å². The molecule has 0 radical (unpaired) electrons. The van der Waals surface area contributed by atoms with Crippen LogP contribution in [0, 0.1) is 0 Å². The van der Waals surface area contributed by atoms with Crippen molar-refractivity contribution < 1.29 is 9.90 Å². The quantitative estimate of drug-likeness (QED) is 0.647. The molecule has 2 aliphatic rings. The summed E-state index contributed by atoms with van der Waals surface area (Å²) in [4.78, 5) is 16.7. The average Bonchev–Trinajstić information content (AvgIpc) is 3.15. The SMILES string of the molecule is CCn1nc(C2CCC2)c2cc(N3CCN(C(=O)CO)C(Cc4ccccc4)C3)ccc21. The molecule has 5 rings (SSSR count). The summed E-state index contributed by atoms with van der Waals surface area (Å²) >= 11 is 0. The van der Waals surface area contributed by atoms with Crippen LogP contribution in [-0.2, 0) is 17.8 Å². The summed E-state index contributed by atoms with van der Waals surface area (Å²) in [6, 6.07) is 17.1. The van der Waals surface area contributed by atoms with Crippen molar-refractivity contribution in [3.05, 3.63) is 59.8 Å². The molecule has 1 amide bonds. The molecule has 1 unspecified atom stereocenters. The molecule has 6 nitrogen and oxygen atoms in total. The van der Waals surface area contributed by atoms with Gasteiger partial charge in [-0.25, -0.2) is 0 Å². The van der Waals surface area contributed by atoms with Crippen LogP contribution in [0.15, 0.2) is 48.5 Å². The number of benzene rings is 2. The van der Waals surface area contributed by atoms with Gasteiger partial charge in [0.1, 0.15) is 6.61 Å². The lowest BCUT2D eigenvalue weighted by atomic mass is 9.82. The van der Waals surface area contributed by atoms with E-state index in [0.29, 0.717) is 12.5 Å². The van der Waals surface area contributed by atoms with Crippen molar-refractivity contribution in [2.75, 3.05) is 31.1 Å². The number of nitrogens with zero attached hydrogens (tertiary/aromatic N) is 4. The molecule has 3 aromatic rings. The Bertz CT molecular complexity index is 1090. The molecular formula is C26H32N4O2. The molecule has 1 atom stereocenters. The van der Waals surface area contributed by atoms with E-state index < -0.39 is 6.61 Å². The number of piperazine rings is 1. The number of carbonyl (C=O) groups is 1. The summed E-state index contributed by atoms with van der Waals surface area (Å²) in [6.07, 6.45) is 4.56. The number of rotatable bonds is 6. The second-order valence-corrected chi connectivity index (χ2v) is 9.07. The van der Waals surface area contributed by atoms with Crippen LogP contribution in [0.3, 0.4) is 0 Å². The van der Waals surface area contributed by atoms with E-state index in [1.165, 1.54) is 47.1 Å². The van der Waals surface area contributed by atoms with E-state index >= 15 is 0 Å². The van der Waals surface area contributed by atoms with E-state index in [0.717, 1.165) is 26.1 Å². The zero-order chi connectivity index (χ0) is 22.1. The molecule has 1 aliphatic heterocycles. The first-order valence-corrected chi connectivity index (χ1v) is 11.9. The summed E-state index contributed by atoms with van der Waals surface area (Å²) in [7, 11) is 0. The molecule has 1 aliphatic carbocycles. The lowest BCUT2D eigenvalue weighted by Crippen LogP contribution is -2.56. The van der Waals surface area contributed by atoms with E-state index in [9.17, 15) is 9.90 Å². The molecule has 0 bridgehead atoms. The number of aromatic nitrogens is 2. The molecule has 2 heterocycles. The number of aliphatic hydroxyl groups excluding tert-OH is 1. The summed E-state index contributed by atoms with van der Waals surface area (Å²) in [6.45, 7) is 4.74. The zero-order valence-corrected chi connectivity index (χ0v) is 18.8. The Kier molecular flexibility index (Phi) is 5.87. The monoisotopic (exact) mass is 432 g/mol. The van der Waals surface area contributed by atoms with Crippen LogP contribution in [-0.4, -0.2) is 58.0 Å². The number of amides is 1. The van der Waals surface area contributed by atoms with E-state index in [-0.39, 0.29) is 11.9 Å². The first-order valence-electron chi connectivity index (χ1n) is 11.9. The van der Waals surface area contributed by atoms with Crippen LogP contribution in [0.1, 0.15) is 43.4 Å². The van der Waals surface area contributed by atoms with Crippen molar-refractivity contribution in [2.45, 2.75) is 51.1 Å². The molecule has 1 aromatic heterocycles. The Morgan fingerprint density at radius 3 is 2.62 bits per heavy atom. The highest BCUT2D eigenvalue weighted by atomic mass is 16.3. The lowest BCUT2D eigenvalue weighted by Gasteiger charge is -2.42.